The number of rotatable bonds is 5. The maximum absolute atomic E-state index is 12.2. The van der Waals surface area contributed by atoms with Gasteiger partial charge in [0.1, 0.15) is 0 Å². The van der Waals surface area contributed by atoms with Crippen LogP contribution in [0.1, 0.15) is 63.0 Å². The van der Waals surface area contributed by atoms with Crippen LogP contribution in [0.4, 0.5) is 0 Å². The minimum Gasteiger partial charge on any atom is -0.356 e. The van der Waals surface area contributed by atoms with E-state index in [9.17, 15) is 4.79 Å². The number of amides is 1. The summed E-state index contributed by atoms with van der Waals surface area (Å²) >= 11 is 0. The molecule has 1 saturated carbocycles. The Morgan fingerprint density at radius 3 is 2.38 bits per heavy atom. The fourth-order valence-electron chi connectivity index (χ4n) is 3.08. The summed E-state index contributed by atoms with van der Waals surface area (Å²) in [6, 6.07) is 10.1. The zero-order valence-electron chi connectivity index (χ0n) is 12.9. The Hall–Kier alpha value is -1.35. The van der Waals surface area contributed by atoms with Crippen molar-refractivity contribution in [2.45, 2.75) is 57.4 Å². The summed E-state index contributed by atoms with van der Waals surface area (Å²) in [4.78, 5) is 12.2. The first-order chi connectivity index (χ1) is 10.3. The Morgan fingerprint density at radius 1 is 1.10 bits per heavy atom. The minimum atomic E-state index is 0.00355. The second-order valence-electron chi connectivity index (χ2n) is 6.14. The summed E-state index contributed by atoms with van der Waals surface area (Å²) in [5.74, 6) is 0.454. The van der Waals surface area contributed by atoms with E-state index in [4.69, 9.17) is 5.73 Å². The maximum atomic E-state index is 12.2. The fourth-order valence-corrected chi connectivity index (χ4v) is 3.08. The van der Waals surface area contributed by atoms with Gasteiger partial charge in [0, 0.05) is 18.5 Å². The van der Waals surface area contributed by atoms with E-state index in [1.165, 1.54) is 32.1 Å². The Morgan fingerprint density at radius 2 is 1.71 bits per heavy atom. The number of hydrogen-bond donors (Lipinski definition) is 2. The number of carbonyl (C=O) groups excluding carboxylic acids is 1. The molecule has 1 atom stereocenters. The van der Waals surface area contributed by atoms with Crippen molar-refractivity contribution in [1.29, 1.82) is 0 Å². The van der Waals surface area contributed by atoms with Gasteiger partial charge in [-0.3, -0.25) is 4.79 Å². The van der Waals surface area contributed by atoms with Crippen molar-refractivity contribution < 1.29 is 4.79 Å². The lowest BCUT2D eigenvalue weighted by Gasteiger charge is -2.20. The molecule has 0 bridgehead atoms. The van der Waals surface area contributed by atoms with Crippen LogP contribution in [-0.2, 0) is 4.79 Å². The number of nitrogens with two attached hydrogens (primary N) is 1. The van der Waals surface area contributed by atoms with Gasteiger partial charge in [-0.15, -0.1) is 0 Å². The second-order valence-corrected chi connectivity index (χ2v) is 6.14. The molecule has 21 heavy (non-hydrogen) atoms. The van der Waals surface area contributed by atoms with E-state index in [1.807, 2.05) is 30.3 Å². The third-order valence-electron chi connectivity index (χ3n) is 4.46. The van der Waals surface area contributed by atoms with Gasteiger partial charge in [0.25, 0.3) is 0 Å². The predicted octanol–water partition coefficient (Wildman–Crippen LogP) is 3.55. The molecular weight excluding hydrogens is 260 g/mol. The first kappa shape index (κ1) is 16.0. The minimum absolute atomic E-state index is 0.00355. The van der Waals surface area contributed by atoms with Gasteiger partial charge in [-0.2, -0.15) is 0 Å². The third kappa shape index (κ3) is 5.50. The van der Waals surface area contributed by atoms with E-state index in [1.54, 1.807) is 0 Å². The molecule has 0 aliphatic heterocycles. The van der Waals surface area contributed by atoms with E-state index in [0.29, 0.717) is 6.54 Å². The summed E-state index contributed by atoms with van der Waals surface area (Å²) in [5, 5.41) is 3.08. The Kier molecular flexibility index (Phi) is 6.74. The van der Waals surface area contributed by atoms with Gasteiger partial charge < -0.3 is 11.1 Å². The molecule has 1 amide bonds. The van der Waals surface area contributed by atoms with Crippen molar-refractivity contribution in [2.75, 3.05) is 6.54 Å². The highest BCUT2D eigenvalue weighted by molar-refractivity contribution is 5.78. The third-order valence-corrected chi connectivity index (χ3v) is 4.46. The summed E-state index contributed by atoms with van der Waals surface area (Å²) in [5.41, 5.74) is 7.29. The van der Waals surface area contributed by atoms with Crippen LogP contribution in [0.15, 0.2) is 30.3 Å². The van der Waals surface area contributed by atoms with Crippen molar-refractivity contribution >= 4 is 5.91 Å². The normalized spacial score (nSPS) is 18.5. The van der Waals surface area contributed by atoms with E-state index in [2.05, 4.69) is 5.32 Å². The maximum Gasteiger partial charge on any atom is 0.223 e. The Bertz CT molecular complexity index is 410. The quantitative estimate of drug-likeness (QED) is 0.870. The van der Waals surface area contributed by atoms with Gasteiger partial charge in [0.2, 0.25) is 5.91 Å². The lowest BCUT2D eigenvalue weighted by Crippen LogP contribution is -2.33. The van der Waals surface area contributed by atoms with Gasteiger partial charge >= 0.3 is 0 Å². The number of carbonyl (C=O) groups is 1. The highest BCUT2D eigenvalue weighted by Crippen LogP contribution is 2.22. The molecule has 1 aromatic rings. The average Bonchev–Trinajstić information content (AvgIpc) is 2.47. The molecule has 116 valence electrons. The lowest BCUT2D eigenvalue weighted by molar-refractivity contribution is -0.125. The molecule has 2 rings (SSSR count). The van der Waals surface area contributed by atoms with Crippen LogP contribution in [0.3, 0.4) is 0 Å². The first-order valence-corrected chi connectivity index (χ1v) is 8.35. The average molecular weight is 288 g/mol. The van der Waals surface area contributed by atoms with Crippen LogP contribution < -0.4 is 11.1 Å². The molecular formula is C18H28N2O. The van der Waals surface area contributed by atoms with Crippen molar-refractivity contribution in [3.8, 4) is 0 Å². The molecule has 1 aliphatic rings. The molecule has 3 nitrogen and oxygen atoms in total. The summed E-state index contributed by atoms with van der Waals surface area (Å²) in [7, 11) is 0. The highest BCUT2D eigenvalue weighted by atomic mass is 16.1. The smallest absolute Gasteiger partial charge is 0.223 e. The molecule has 0 aromatic heterocycles. The van der Waals surface area contributed by atoms with Crippen LogP contribution in [-0.4, -0.2) is 12.5 Å². The van der Waals surface area contributed by atoms with Crippen LogP contribution >= 0.6 is 0 Å². The zero-order chi connectivity index (χ0) is 14.9. The monoisotopic (exact) mass is 288 g/mol. The number of hydrogen-bond acceptors (Lipinski definition) is 2. The predicted molar refractivity (Wildman–Crippen MR) is 86.8 cm³/mol. The van der Waals surface area contributed by atoms with Crippen LogP contribution in [0.2, 0.25) is 0 Å². The summed E-state index contributed by atoms with van der Waals surface area (Å²) in [6.45, 7) is 0.672. The van der Waals surface area contributed by atoms with E-state index >= 15 is 0 Å². The molecule has 1 fully saturated rings. The SMILES string of the molecule is NC(CCNC(=O)C1CCCCCCC1)c1ccccc1. The van der Waals surface area contributed by atoms with Gasteiger partial charge in [0.15, 0.2) is 0 Å². The lowest BCUT2D eigenvalue weighted by atomic mass is 9.90. The van der Waals surface area contributed by atoms with Gasteiger partial charge in [-0.25, -0.2) is 0 Å². The number of benzene rings is 1. The molecule has 1 unspecified atom stereocenters. The van der Waals surface area contributed by atoms with Crippen molar-refractivity contribution in [3.63, 3.8) is 0 Å². The Labute approximate surface area is 128 Å². The van der Waals surface area contributed by atoms with Crippen LogP contribution in [0.5, 0.6) is 0 Å². The largest absolute Gasteiger partial charge is 0.356 e. The zero-order valence-corrected chi connectivity index (χ0v) is 12.9. The van der Waals surface area contributed by atoms with Crippen molar-refractivity contribution in [2.24, 2.45) is 11.7 Å². The van der Waals surface area contributed by atoms with E-state index < -0.39 is 0 Å². The van der Waals surface area contributed by atoms with E-state index in [0.717, 1.165) is 24.8 Å². The molecule has 0 radical (unpaired) electrons. The standard InChI is InChI=1S/C18H28N2O/c19-17(15-9-7-4-8-10-15)13-14-20-18(21)16-11-5-2-1-3-6-12-16/h4,7-10,16-17H,1-3,5-6,11-14,19H2,(H,20,21). The fraction of sp³-hybridized carbons (Fsp3) is 0.611. The molecule has 0 saturated heterocycles. The number of nitrogens with one attached hydrogen (secondary N) is 1. The van der Waals surface area contributed by atoms with Crippen LogP contribution in [0, 0.1) is 5.92 Å². The van der Waals surface area contributed by atoms with Gasteiger partial charge in [0.05, 0.1) is 0 Å². The second kappa shape index (κ2) is 8.83. The van der Waals surface area contributed by atoms with Crippen LogP contribution in [0.25, 0.3) is 0 Å². The first-order valence-electron chi connectivity index (χ1n) is 8.35. The van der Waals surface area contributed by atoms with Crippen molar-refractivity contribution in [3.05, 3.63) is 35.9 Å². The summed E-state index contributed by atoms with van der Waals surface area (Å²) < 4.78 is 0. The molecule has 3 heteroatoms. The topological polar surface area (TPSA) is 55.1 Å². The summed E-state index contributed by atoms with van der Waals surface area (Å²) in [6.07, 6.45) is 9.18. The molecule has 1 aliphatic carbocycles. The van der Waals surface area contributed by atoms with Gasteiger partial charge in [-0.05, 0) is 24.8 Å². The molecule has 0 spiro atoms. The highest BCUT2D eigenvalue weighted by Gasteiger charge is 2.19. The van der Waals surface area contributed by atoms with Crippen molar-refractivity contribution in [1.82, 2.24) is 5.32 Å². The molecule has 0 heterocycles. The van der Waals surface area contributed by atoms with E-state index in [-0.39, 0.29) is 17.9 Å². The Balaban J connectivity index is 1.70. The molecule has 1 aromatic carbocycles. The molecule has 3 N–H and O–H groups in total. The van der Waals surface area contributed by atoms with Gasteiger partial charge in [-0.1, -0.05) is 62.4 Å².